The van der Waals surface area contributed by atoms with Gasteiger partial charge in [0.25, 0.3) is 0 Å². The van der Waals surface area contributed by atoms with Crippen LogP contribution in [0.1, 0.15) is 62.7 Å². The second kappa shape index (κ2) is 5.80. The molecule has 0 aromatic heterocycles. The number of carbonyl (C=O) groups excluding carboxylic acids is 1. The van der Waals surface area contributed by atoms with Gasteiger partial charge in [0.2, 0.25) is 0 Å². The molecule has 5 fully saturated rings. The molecule has 140 valence electrons. The third-order valence-corrected chi connectivity index (χ3v) is 7.30. The van der Waals surface area contributed by atoms with E-state index in [9.17, 15) is 4.79 Å². The lowest BCUT2D eigenvalue weighted by Gasteiger charge is -2.59. The van der Waals surface area contributed by atoms with Crippen LogP contribution in [0.15, 0.2) is 30.3 Å². The summed E-state index contributed by atoms with van der Waals surface area (Å²) in [5, 5.41) is 0. The lowest BCUT2D eigenvalue weighted by Crippen LogP contribution is -2.60. The maximum absolute atomic E-state index is 12.4. The molecular weight excluding hydrogens is 328 g/mol. The fourth-order valence-electron chi connectivity index (χ4n) is 6.20. The fraction of sp³-hybridized carbons (Fsp3) is 0.682. The van der Waals surface area contributed by atoms with E-state index in [0.717, 1.165) is 19.3 Å². The predicted octanol–water partition coefficient (Wildman–Crippen LogP) is 4.33. The first-order valence-corrected chi connectivity index (χ1v) is 10.1. The number of carbonyl (C=O) groups is 1. The highest BCUT2D eigenvalue weighted by Gasteiger charge is 2.65. The molecule has 4 nitrogen and oxygen atoms in total. The van der Waals surface area contributed by atoms with Crippen LogP contribution in [0.25, 0.3) is 0 Å². The smallest absolute Gasteiger partial charge is 0.338 e. The molecule has 4 saturated carbocycles. The second-order valence-electron chi connectivity index (χ2n) is 9.15. The summed E-state index contributed by atoms with van der Waals surface area (Å²) in [5.41, 5.74) is 0.871. The zero-order chi connectivity index (χ0) is 17.9. The molecule has 2 bridgehead atoms. The number of ether oxygens (including phenoxy) is 3. The molecule has 1 saturated heterocycles. The van der Waals surface area contributed by atoms with Crippen LogP contribution in [0.2, 0.25) is 0 Å². The van der Waals surface area contributed by atoms with E-state index in [1.807, 2.05) is 44.2 Å². The Bertz CT molecular complexity index is 699. The molecule has 0 radical (unpaired) electrons. The topological polar surface area (TPSA) is 44.8 Å². The van der Waals surface area contributed by atoms with Gasteiger partial charge in [-0.1, -0.05) is 18.2 Å². The summed E-state index contributed by atoms with van der Waals surface area (Å²) in [4.78, 5) is 12.4. The van der Waals surface area contributed by atoms with Gasteiger partial charge in [0.05, 0.1) is 17.8 Å². The SMILES string of the molecule is CC1(C)O[C@H]2[C@H]3CC[C@@]4(CCC(OC(=O)c5ccccc5)CC4C3)[C@H]2O1. The molecule has 1 aromatic carbocycles. The van der Waals surface area contributed by atoms with E-state index in [1.54, 1.807) is 0 Å². The fourth-order valence-corrected chi connectivity index (χ4v) is 6.20. The Labute approximate surface area is 155 Å². The molecular formula is C22H28O4. The average Bonchev–Trinajstić information content (AvgIpc) is 2.99. The standard InChI is InChI=1S/C22H28O4/c1-21(2)25-18-15-8-10-22(19(18)26-21)11-9-17(13-16(22)12-15)24-20(23)14-6-4-3-5-7-14/h3-7,15-19H,8-13H2,1-2H3/t15-,16?,17?,18-,19-,22-/m0/s1. The van der Waals surface area contributed by atoms with Crippen LogP contribution >= 0.6 is 0 Å². The van der Waals surface area contributed by atoms with Crippen LogP contribution in [0, 0.1) is 17.3 Å². The molecule has 26 heavy (non-hydrogen) atoms. The number of rotatable bonds is 2. The molecule has 1 aliphatic heterocycles. The number of fused-ring (bicyclic) bond motifs is 1. The van der Waals surface area contributed by atoms with Gasteiger partial charge in [-0.15, -0.1) is 0 Å². The summed E-state index contributed by atoms with van der Waals surface area (Å²) in [6.45, 7) is 4.09. The van der Waals surface area contributed by atoms with Crippen molar-refractivity contribution in [2.24, 2.45) is 17.3 Å². The van der Waals surface area contributed by atoms with Crippen molar-refractivity contribution in [2.75, 3.05) is 0 Å². The van der Waals surface area contributed by atoms with Crippen LogP contribution in [0.5, 0.6) is 0 Å². The van der Waals surface area contributed by atoms with Crippen LogP contribution in [0.4, 0.5) is 0 Å². The highest BCUT2D eigenvalue weighted by atomic mass is 16.8. The Balaban J connectivity index is 1.31. The predicted molar refractivity (Wildman–Crippen MR) is 96.6 cm³/mol. The quantitative estimate of drug-likeness (QED) is 0.740. The van der Waals surface area contributed by atoms with Gasteiger partial charge in [-0.2, -0.15) is 0 Å². The summed E-state index contributed by atoms with van der Waals surface area (Å²) in [5.74, 6) is 0.530. The molecule has 5 aliphatic rings. The lowest BCUT2D eigenvalue weighted by molar-refractivity contribution is -0.179. The van der Waals surface area contributed by atoms with Crippen molar-refractivity contribution in [1.29, 1.82) is 0 Å². The van der Waals surface area contributed by atoms with Crippen molar-refractivity contribution >= 4 is 5.97 Å². The molecule has 1 aromatic rings. The van der Waals surface area contributed by atoms with E-state index >= 15 is 0 Å². The van der Waals surface area contributed by atoms with Crippen LogP contribution in [0.3, 0.4) is 0 Å². The largest absolute Gasteiger partial charge is 0.459 e. The van der Waals surface area contributed by atoms with Crippen molar-refractivity contribution in [3.8, 4) is 0 Å². The summed E-state index contributed by atoms with van der Waals surface area (Å²) in [6.07, 6.45) is 7.20. The Kier molecular flexibility index (Phi) is 3.74. The van der Waals surface area contributed by atoms with E-state index in [-0.39, 0.29) is 29.7 Å². The van der Waals surface area contributed by atoms with Crippen molar-refractivity contribution in [2.45, 2.75) is 76.5 Å². The van der Waals surface area contributed by atoms with Gasteiger partial charge in [-0.25, -0.2) is 4.79 Å². The van der Waals surface area contributed by atoms with Gasteiger partial charge in [-0.3, -0.25) is 0 Å². The van der Waals surface area contributed by atoms with Crippen LogP contribution in [-0.2, 0) is 14.2 Å². The summed E-state index contributed by atoms with van der Waals surface area (Å²) in [7, 11) is 0. The molecule has 4 aliphatic carbocycles. The highest BCUT2D eigenvalue weighted by Crippen LogP contribution is 2.64. The summed E-state index contributed by atoms with van der Waals surface area (Å²) < 4.78 is 18.5. The maximum atomic E-state index is 12.4. The van der Waals surface area contributed by atoms with Gasteiger partial charge in [0, 0.05) is 5.41 Å². The van der Waals surface area contributed by atoms with E-state index < -0.39 is 5.79 Å². The van der Waals surface area contributed by atoms with Crippen molar-refractivity contribution in [3.05, 3.63) is 35.9 Å². The van der Waals surface area contributed by atoms with Crippen LogP contribution < -0.4 is 0 Å². The summed E-state index contributed by atoms with van der Waals surface area (Å²) >= 11 is 0. The minimum absolute atomic E-state index is 0.0338. The number of benzene rings is 1. The molecule has 6 atom stereocenters. The normalized spacial score (nSPS) is 42.8. The van der Waals surface area contributed by atoms with Crippen molar-refractivity contribution < 1.29 is 19.0 Å². The third-order valence-electron chi connectivity index (χ3n) is 7.30. The van der Waals surface area contributed by atoms with Crippen LogP contribution in [-0.4, -0.2) is 30.1 Å². The molecule has 6 rings (SSSR count). The first-order valence-electron chi connectivity index (χ1n) is 10.1. The molecule has 0 amide bonds. The van der Waals surface area contributed by atoms with E-state index in [1.165, 1.54) is 19.3 Å². The minimum Gasteiger partial charge on any atom is -0.459 e. The van der Waals surface area contributed by atoms with Gasteiger partial charge in [-0.05, 0) is 76.3 Å². The molecule has 4 heteroatoms. The van der Waals surface area contributed by atoms with E-state index in [2.05, 4.69) is 0 Å². The highest BCUT2D eigenvalue weighted by molar-refractivity contribution is 5.89. The molecule has 0 N–H and O–H groups in total. The zero-order valence-corrected chi connectivity index (χ0v) is 15.6. The van der Waals surface area contributed by atoms with Gasteiger partial charge in [0.1, 0.15) is 6.10 Å². The first kappa shape index (κ1) is 16.8. The van der Waals surface area contributed by atoms with Crippen molar-refractivity contribution in [1.82, 2.24) is 0 Å². The average molecular weight is 356 g/mol. The Morgan fingerprint density at radius 3 is 2.65 bits per heavy atom. The number of hydrogen-bond donors (Lipinski definition) is 0. The maximum Gasteiger partial charge on any atom is 0.338 e. The molecule has 1 spiro atoms. The Morgan fingerprint density at radius 2 is 1.85 bits per heavy atom. The van der Waals surface area contributed by atoms with E-state index in [4.69, 9.17) is 14.2 Å². The second-order valence-corrected chi connectivity index (χ2v) is 9.15. The first-order chi connectivity index (χ1) is 12.5. The molecule has 1 heterocycles. The zero-order valence-electron chi connectivity index (χ0n) is 15.6. The van der Waals surface area contributed by atoms with Gasteiger partial charge >= 0.3 is 5.97 Å². The minimum atomic E-state index is -0.462. The number of hydrogen-bond acceptors (Lipinski definition) is 4. The third kappa shape index (κ3) is 2.53. The van der Waals surface area contributed by atoms with Crippen molar-refractivity contribution in [3.63, 3.8) is 0 Å². The monoisotopic (exact) mass is 356 g/mol. The van der Waals surface area contributed by atoms with Gasteiger partial charge in [0.15, 0.2) is 5.79 Å². The van der Waals surface area contributed by atoms with Gasteiger partial charge < -0.3 is 14.2 Å². The summed E-state index contributed by atoms with van der Waals surface area (Å²) in [6, 6.07) is 9.33. The Hall–Kier alpha value is -1.39. The molecule has 2 unspecified atom stereocenters. The Morgan fingerprint density at radius 1 is 1.08 bits per heavy atom. The number of esters is 1. The van der Waals surface area contributed by atoms with E-state index in [0.29, 0.717) is 17.4 Å². The lowest BCUT2D eigenvalue weighted by atomic mass is 9.48.